The van der Waals surface area contributed by atoms with Gasteiger partial charge in [0.05, 0.1) is 18.2 Å². The number of ether oxygens (including phenoxy) is 2. The molecule has 0 aromatic heterocycles. The molecule has 0 bridgehead atoms. The van der Waals surface area contributed by atoms with E-state index in [1.807, 2.05) is 6.07 Å². The molecular formula is C19H24Cl2N2O2S. The monoisotopic (exact) mass is 414 g/mol. The molecule has 3 aliphatic heterocycles. The molecule has 142 valence electrons. The number of hydrogen-bond acceptors (Lipinski definition) is 5. The van der Waals surface area contributed by atoms with Crippen molar-refractivity contribution in [2.24, 2.45) is 0 Å². The highest BCUT2D eigenvalue weighted by Crippen LogP contribution is 2.37. The summed E-state index contributed by atoms with van der Waals surface area (Å²) in [6.45, 7) is 6.17. The van der Waals surface area contributed by atoms with Crippen LogP contribution in [0, 0.1) is 0 Å². The van der Waals surface area contributed by atoms with Crippen LogP contribution in [0.3, 0.4) is 0 Å². The van der Waals surface area contributed by atoms with Gasteiger partial charge < -0.3 is 14.8 Å². The molecule has 0 amide bonds. The smallest absolute Gasteiger partial charge is 0.145 e. The van der Waals surface area contributed by atoms with Gasteiger partial charge in [-0.2, -0.15) is 11.8 Å². The Morgan fingerprint density at radius 2 is 2.08 bits per heavy atom. The first-order chi connectivity index (χ1) is 12.7. The van der Waals surface area contributed by atoms with Gasteiger partial charge in [-0.15, -0.1) is 0 Å². The van der Waals surface area contributed by atoms with Crippen molar-refractivity contribution in [1.82, 2.24) is 10.2 Å². The Hall–Kier alpha value is -0.430. The molecule has 26 heavy (non-hydrogen) atoms. The third-order valence-corrected chi connectivity index (χ3v) is 7.10. The second-order valence-corrected chi connectivity index (χ2v) is 9.08. The van der Waals surface area contributed by atoms with Gasteiger partial charge in [0.2, 0.25) is 0 Å². The van der Waals surface area contributed by atoms with Crippen molar-refractivity contribution < 1.29 is 9.47 Å². The Morgan fingerprint density at radius 3 is 2.85 bits per heavy atom. The quantitative estimate of drug-likeness (QED) is 0.796. The molecule has 0 saturated carbocycles. The van der Waals surface area contributed by atoms with Crippen molar-refractivity contribution in [1.29, 1.82) is 0 Å². The summed E-state index contributed by atoms with van der Waals surface area (Å²) in [6.07, 6.45) is 3.39. The lowest BCUT2D eigenvalue weighted by atomic mass is 9.95. The van der Waals surface area contributed by atoms with E-state index in [9.17, 15) is 0 Å². The van der Waals surface area contributed by atoms with Crippen LogP contribution in [-0.2, 0) is 4.74 Å². The van der Waals surface area contributed by atoms with Crippen LogP contribution in [0.2, 0.25) is 10.0 Å². The Labute approximate surface area is 169 Å². The lowest BCUT2D eigenvalue weighted by Gasteiger charge is -2.43. The first kappa shape index (κ1) is 18.9. The molecular weight excluding hydrogens is 391 g/mol. The highest BCUT2D eigenvalue weighted by atomic mass is 35.5. The van der Waals surface area contributed by atoms with E-state index >= 15 is 0 Å². The van der Waals surface area contributed by atoms with Gasteiger partial charge in [0.25, 0.3) is 0 Å². The topological polar surface area (TPSA) is 33.7 Å². The van der Waals surface area contributed by atoms with E-state index in [2.05, 4.69) is 28.1 Å². The number of benzene rings is 1. The number of fused-ring (bicyclic) bond motifs is 1. The maximum absolute atomic E-state index is 6.22. The summed E-state index contributed by atoms with van der Waals surface area (Å²) < 4.78 is 11.4. The van der Waals surface area contributed by atoms with Crippen molar-refractivity contribution in [3.63, 3.8) is 0 Å². The summed E-state index contributed by atoms with van der Waals surface area (Å²) in [6, 6.07) is 3.63. The van der Waals surface area contributed by atoms with Gasteiger partial charge in [-0.3, -0.25) is 4.90 Å². The molecule has 1 unspecified atom stereocenters. The van der Waals surface area contributed by atoms with Crippen LogP contribution in [0.5, 0.6) is 5.75 Å². The molecule has 1 aromatic rings. The van der Waals surface area contributed by atoms with E-state index in [1.54, 1.807) is 6.07 Å². The zero-order valence-electron chi connectivity index (χ0n) is 14.7. The number of halogens is 2. The normalized spacial score (nSPS) is 26.3. The second-order valence-electron chi connectivity index (χ2n) is 7.13. The molecule has 3 aliphatic rings. The molecule has 4 nitrogen and oxygen atoms in total. The number of nitrogens with zero attached hydrogens (tertiary/aromatic N) is 1. The largest absolute Gasteiger partial charge is 0.487 e. The number of thioether (sulfide) groups is 1. The molecule has 0 radical (unpaired) electrons. The predicted molar refractivity (Wildman–Crippen MR) is 110 cm³/mol. The minimum absolute atomic E-state index is 0.259. The molecule has 4 rings (SSSR count). The molecule has 7 heteroatoms. The summed E-state index contributed by atoms with van der Waals surface area (Å²) in [5, 5.41) is 4.90. The maximum atomic E-state index is 6.22. The highest BCUT2D eigenvalue weighted by Gasteiger charge is 2.40. The van der Waals surface area contributed by atoms with Crippen molar-refractivity contribution in [2.45, 2.75) is 12.0 Å². The van der Waals surface area contributed by atoms with Crippen molar-refractivity contribution in [3.05, 3.63) is 33.3 Å². The minimum atomic E-state index is 0.259. The van der Waals surface area contributed by atoms with Crippen LogP contribution in [0.15, 0.2) is 17.7 Å². The predicted octanol–water partition coefficient (Wildman–Crippen LogP) is 3.57. The number of rotatable bonds is 5. The van der Waals surface area contributed by atoms with Gasteiger partial charge in [-0.1, -0.05) is 23.2 Å². The Morgan fingerprint density at radius 1 is 1.23 bits per heavy atom. The van der Waals surface area contributed by atoms with E-state index in [0.717, 1.165) is 50.7 Å². The number of nitrogens with one attached hydrogen (secondary N) is 1. The van der Waals surface area contributed by atoms with Crippen LogP contribution in [-0.4, -0.2) is 67.9 Å². The summed E-state index contributed by atoms with van der Waals surface area (Å²) in [4.78, 5) is 2.63. The van der Waals surface area contributed by atoms with Crippen LogP contribution < -0.4 is 10.1 Å². The molecule has 2 fully saturated rings. The fraction of sp³-hybridized carbons (Fsp3) is 0.579. The van der Waals surface area contributed by atoms with E-state index < -0.39 is 0 Å². The van der Waals surface area contributed by atoms with Crippen LogP contribution in [0.25, 0.3) is 6.08 Å². The van der Waals surface area contributed by atoms with Gasteiger partial charge in [-0.05, 0) is 36.0 Å². The Balaban J connectivity index is 1.40. The molecule has 0 spiro atoms. The van der Waals surface area contributed by atoms with E-state index in [-0.39, 0.29) is 5.54 Å². The Kier molecular flexibility index (Phi) is 6.03. The first-order valence-corrected chi connectivity index (χ1v) is 11.0. The van der Waals surface area contributed by atoms with Crippen molar-refractivity contribution in [3.8, 4) is 5.75 Å². The highest BCUT2D eigenvalue weighted by molar-refractivity contribution is 7.99. The molecule has 1 aromatic carbocycles. The van der Waals surface area contributed by atoms with E-state index in [4.69, 9.17) is 32.7 Å². The fourth-order valence-corrected chi connectivity index (χ4v) is 6.00. The number of hydrogen-bond donors (Lipinski definition) is 1. The minimum Gasteiger partial charge on any atom is -0.487 e. The molecule has 0 aliphatic carbocycles. The standard InChI is InChI=1S/C19H24Cl2N2O2S/c20-16-8-15-7-14(11-25-18(15)17(21)9-16)10-22-12-19(1-6-26-13-19)23-2-4-24-5-3-23/h7-9,22H,1-6,10-13H2. The molecule has 1 N–H and O–H groups in total. The van der Waals surface area contributed by atoms with Gasteiger partial charge in [-0.25, -0.2) is 0 Å². The number of morpholine rings is 1. The second kappa shape index (κ2) is 8.29. The zero-order chi connectivity index (χ0) is 18.0. The summed E-state index contributed by atoms with van der Waals surface area (Å²) in [5.41, 5.74) is 2.44. The lowest BCUT2D eigenvalue weighted by molar-refractivity contribution is -0.0131. The Bertz CT molecular complexity index is 686. The molecule has 3 heterocycles. The van der Waals surface area contributed by atoms with Crippen molar-refractivity contribution in [2.75, 3.05) is 57.5 Å². The van der Waals surface area contributed by atoms with Crippen LogP contribution >= 0.6 is 35.0 Å². The van der Waals surface area contributed by atoms with E-state index in [0.29, 0.717) is 16.7 Å². The first-order valence-electron chi connectivity index (χ1n) is 9.09. The lowest BCUT2D eigenvalue weighted by Crippen LogP contribution is -2.58. The fourth-order valence-electron chi connectivity index (χ4n) is 3.96. The molecule has 2 saturated heterocycles. The zero-order valence-corrected chi connectivity index (χ0v) is 17.1. The average Bonchev–Trinajstić information content (AvgIpc) is 3.12. The summed E-state index contributed by atoms with van der Waals surface area (Å²) in [7, 11) is 0. The molecule has 1 atom stereocenters. The third-order valence-electron chi connectivity index (χ3n) is 5.37. The SMILES string of the molecule is Clc1cc(Cl)c2c(c1)C=C(CNCC1(N3CCOCC3)CCSC1)CO2. The summed E-state index contributed by atoms with van der Waals surface area (Å²) >= 11 is 14.4. The summed E-state index contributed by atoms with van der Waals surface area (Å²) in [5.74, 6) is 3.18. The van der Waals surface area contributed by atoms with Gasteiger partial charge in [0.1, 0.15) is 12.4 Å². The van der Waals surface area contributed by atoms with Gasteiger partial charge in [0.15, 0.2) is 0 Å². The van der Waals surface area contributed by atoms with E-state index in [1.165, 1.54) is 23.5 Å². The third kappa shape index (κ3) is 4.03. The maximum Gasteiger partial charge on any atom is 0.145 e. The average molecular weight is 415 g/mol. The van der Waals surface area contributed by atoms with Crippen LogP contribution in [0.1, 0.15) is 12.0 Å². The van der Waals surface area contributed by atoms with Gasteiger partial charge >= 0.3 is 0 Å². The van der Waals surface area contributed by atoms with Crippen LogP contribution in [0.4, 0.5) is 0 Å². The van der Waals surface area contributed by atoms with Crippen molar-refractivity contribution >= 4 is 41.0 Å². The van der Waals surface area contributed by atoms with Gasteiger partial charge in [0, 0.05) is 48.1 Å².